The minimum Gasteiger partial charge on any atom is -0.319 e. The maximum Gasteiger partial charge on any atom is 0.173 e. The monoisotopic (exact) mass is 517 g/mol. The van der Waals surface area contributed by atoms with Crippen LogP contribution in [0, 0.1) is 29.9 Å². The summed E-state index contributed by atoms with van der Waals surface area (Å²) in [5, 5.41) is 0. The van der Waals surface area contributed by atoms with Crippen LogP contribution in [0.4, 0.5) is 8.78 Å². The number of imidazole rings is 1. The van der Waals surface area contributed by atoms with Gasteiger partial charge in [-0.2, -0.15) is 0 Å². The summed E-state index contributed by atoms with van der Waals surface area (Å²) in [4.78, 5) is 35.5. The average Bonchev–Trinajstić information content (AvgIpc) is 3.53. The molecule has 1 aliphatic rings. The Kier molecular flexibility index (Phi) is 6.98. The first kappa shape index (κ1) is 25.0. The highest BCUT2D eigenvalue weighted by Crippen LogP contribution is 2.40. The summed E-state index contributed by atoms with van der Waals surface area (Å²) < 4.78 is 31.8. The van der Waals surface area contributed by atoms with Crippen molar-refractivity contribution in [2.45, 2.75) is 51.5 Å². The van der Waals surface area contributed by atoms with E-state index in [0.29, 0.717) is 34.6 Å². The summed E-state index contributed by atoms with van der Waals surface area (Å²) >= 11 is 1.32. The van der Waals surface area contributed by atoms with Gasteiger partial charge < -0.3 is 4.57 Å². The highest BCUT2D eigenvalue weighted by atomic mass is 32.1. The predicted octanol–water partition coefficient (Wildman–Crippen LogP) is 7.02. The molecular formula is C29H25F2N3O2S. The number of thiophene rings is 1. The van der Waals surface area contributed by atoms with Crippen LogP contribution in [-0.4, -0.2) is 26.1 Å². The molecule has 0 radical (unpaired) electrons. The minimum atomic E-state index is -0.627. The summed E-state index contributed by atoms with van der Waals surface area (Å²) in [6.07, 6.45) is 10.7. The van der Waals surface area contributed by atoms with Gasteiger partial charge in [-0.25, -0.2) is 18.7 Å². The maximum atomic E-state index is 15.1. The standard InChI is InChI=1S/C29H25F2N3O2S/c1-3-19-10-11-27(37-19)26(36)14-17-7-5-8-18(13-17)34-24-16-22(31)20(25(35)4-2)15-23(24)33-29(34)28-21(30)9-6-12-32-28/h1,6,9-12,15-18H,4-5,7-8,13-14H2,2H3/t17-,18+/m1/s1. The fourth-order valence-corrected chi connectivity index (χ4v) is 5.98. The van der Waals surface area contributed by atoms with Crippen molar-refractivity contribution in [3.8, 4) is 23.9 Å². The number of pyridine rings is 1. The molecule has 0 bridgehead atoms. The molecule has 1 aliphatic carbocycles. The van der Waals surface area contributed by atoms with Crippen LogP contribution in [0.3, 0.4) is 0 Å². The number of carbonyl (C=O) groups is 2. The average molecular weight is 518 g/mol. The van der Waals surface area contributed by atoms with Crippen molar-refractivity contribution in [3.05, 3.63) is 69.5 Å². The van der Waals surface area contributed by atoms with Gasteiger partial charge in [0.05, 0.1) is 26.4 Å². The Labute approximate surface area is 217 Å². The first-order valence-electron chi connectivity index (χ1n) is 12.3. The van der Waals surface area contributed by atoms with Gasteiger partial charge in [-0.05, 0) is 55.5 Å². The van der Waals surface area contributed by atoms with Crippen molar-refractivity contribution in [2.24, 2.45) is 5.92 Å². The molecule has 4 aromatic rings. The first-order valence-corrected chi connectivity index (χ1v) is 13.2. The van der Waals surface area contributed by atoms with Crippen molar-refractivity contribution < 1.29 is 18.4 Å². The van der Waals surface area contributed by atoms with Crippen molar-refractivity contribution in [1.29, 1.82) is 0 Å². The zero-order valence-electron chi connectivity index (χ0n) is 20.3. The molecule has 5 nitrogen and oxygen atoms in total. The lowest BCUT2D eigenvalue weighted by atomic mass is 9.82. The van der Waals surface area contributed by atoms with Gasteiger partial charge in [-0.15, -0.1) is 17.8 Å². The Morgan fingerprint density at radius 2 is 2.00 bits per heavy atom. The fraction of sp³-hybridized carbons (Fsp3) is 0.310. The molecule has 2 atom stereocenters. The number of hydrogen-bond acceptors (Lipinski definition) is 5. The maximum absolute atomic E-state index is 15.1. The van der Waals surface area contributed by atoms with Gasteiger partial charge in [0.15, 0.2) is 23.2 Å². The van der Waals surface area contributed by atoms with Crippen LogP contribution < -0.4 is 0 Å². The van der Waals surface area contributed by atoms with Gasteiger partial charge in [0.25, 0.3) is 0 Å². The number of nitrogens with zero attached hydrogens (tertiary/aromatic N) is 3. The lowest BCUT2D eigenvalue weighted by Gasteiger charge is -2.31. The zero-order valence-corrected chi connectivity index (χ0v) is 21.2. The van der Waals surface area contributed by atoms with Crippen LogP contribution in [0.1, 0.15) is 76.4 Å². The van der Waals surface area contributed by atoms with E-state index in [1.165, 1.54) is 41.8 Å². The van der Waals surface area contributed by atoms with Gasteiger partial charge in [0.1, 0.15) is 11.5 Å². The van der Waals surface area contributed by atoms with Gasteiger partial charge in [0.2, 0.25) is 0 Å². The summed E-state index contributed by atoms with van der Waals surface area (Å²) in [5.74, 6) is 1.53. The van der Waals surface area contributed by atoms with Gasteiger partial charge in [0, 0.05) is 31.1 Å². The highest BCUT2D eigenvalue weighted by molar-refractivity contribution is 7.14. The van der Waals surface area contributed by atoms with E-state index in [1.54, 1.807) is 19.1 Å². The van der Waals surface area contributed by atoms with Crippen molar-refractivity contribution in [2.75, 3.05) is 0 Å². The van der Waals surface area contributed by atoms with Gasteiger partial charge in [-0.3, -0.25) is 9.59 Å². The first-order chi connectivity index (χ1) is 17.9. The number of aromatic nitrogens is 3. The van der Waals surface area contributed by atoms with Crippen molar-refractivity contribution in [3.63, 3.8) is 0 Å². The third kappa shape index (κ3) is 4.84. The molecule has 1 fully saturated rings. The molecule has 5 rings (SSSR count). The normalized spacial score (nSPS) is 17.6. The Morgan fingerprint density at radius 3 is 2.73 bits per heavy atom. The topological polar surface area (TPSA) is 64.8 Å². The second kappa shape index (κ2) is 10.3. The molecule has 8 heteroatoms. The summed E-state index contributed by atoms with van der Waals surface area (Å²) in [6.45, 7) is 1.67. The van der Waals surface area contributed by atoms with E-state index < -0.39 is 11.6 Å². The number of fused-ring (bicyclic) bond motifs is 1. The third-order valence-electron chi connectivity index (χ3n) is 6.99. The number of halogens is 2. The lowest BCUT2D eigenvalue weighted by molar-refractivity contribution is 0.0944. The fourth-order valence-electron chi connectivity index (χ4n) is 5.22. The molecule has 1 saturated carbocycles. The second-order valence-electron chi connectivity index (χ2n) is 9.36. The number of rotatable bonds is 7. The third-order valence-corrected chi connectivity index (χ3v) is 8.05. The summed E-state index contributed by atoms with van der Waals surface area (Å²) in [5.41, 5.74) is 0.944. The van der Waals surface area contributed by atoms with E-state index in [2.05, 4.69) is 15.9 Å². The SMILES string of the molecule is C#Cc1ccc(C(=O)C[C@@H]2CCC[C@H](n3c(-c4ncccc4F)nc4cc(C(=O)CC)c(F)cc43)C2)s1. The molecule has 188 valence electrons. The Bertz CT molecular complexity index is 1550. The van der Waals surface area contributed by atoms with E-state index in [9.17, 15) is 14.0 Å². The molecule has 0 spiro atoms. The molecular weight excluding hydrogens is 492 g/mol. The second-order valence-corrected chi connectivity index (χ2v) is 10.4. The van der Waals surface area contributed by atoms with Crippen LogP contribution >= 0.6 is 11.3 Å². The smallest absolute Gasteiger partial charge is 0.173 e. The van der Waals surface area contributed by atoms with E-state index in [4.69, 9.17) is 6.42 Å². The molecule has 3 aromatic heterocycles. The molecule has 0 saturated heterocycles. The van der Waals surface area contributed by atoms with E-state index >= 15 is 4.39 Å². The molecule has 0 aliphatic heterocycles. The van der Waals surface area contributed by atoms with Gasteiger partial charge >= 0.3 is 0 Å². The molecule has 0 amide bonds. The largest absolute Gasteiger partial charge is 0.319 e. The van der Waals surface area contributed by atoms with Gasteiger partial charge in [-0.1, -0.05) is 19.3 Å². The number of benzene rings is 1. The Hall–Kier alpha value is -3.70. The summed E-state index contributed by atoms with van der Waals surface area (Å²) in [7, 11) is 0. The lowest BCUT2D eigenvalue weighted by Crippen LogP contribution is -2.22. The van der Waals surface area contributed by atoms with Crippen molar-refractivity contribution >= 4 is 33.9 Å². The van der Waals surface area contributed by atoms with E-state index in [0.717, 1.165) is 24.1 Å². The molecule has 1 aromatic carbocycles. The zero-order chi connectivity index (χ0) is 26.1. The Morgan fingerprint density at radius 1 is 1.16 bits per heavy atom. The van der Waals surface area contributed by atoms with E-state index in [-0.39, 0.29) is 41.2 Å². The highest BCUT2D eigenvalue weighted by Gasteiger charge is 2.30. The van der Waals surface area contributed by atoms with Crippen molar-refractivity contribution in [1.82, 2.24) is 14.5 Å². The van der Waals surface area contributed by atoms with E-state index in [1.807, 2.05) is 4.57 Å². The quantitative estimate of drug-likeness (QED) is 0.195. The summed E-state index contributed by atoms with van der Waals surface area (Å²) in [6, 6.07) is 8.99. The number of hydrogen-bond donors (Lipinski definition) is 0. The Balaban J connectivity index is 1.54. The van der Waals surface area contributed by atoms with Crippen LogP contribution in [0.25, 0.3) is 22.6 Å². The number of ketones is 2. The van der Waals surface area contributed by atoms with Crippen LogP contribution in [0.5, 0.6) is 0 Å². The minimum absolute atomic E-state index is 0.0258. The number of carbonyl (C=O) groups excluding carboxylic acids is 2. The number of terminal acetylenes is 1. The van der Waals surface area contributed by atoms with Crippen LogP contribution in [0.15, 0.2) is 42.6 Å². The molecule has 37 heavy (non-hydrogen) atoms. The number of Topliss-reactive ketones (excluding diaryl/α,β-unsaturated/α-hetero) is 2. The molecule has 0 N–H and O–H groups in total. The molecule has 3 heterocycles. The van der Waals surface area contributed by atoms with Crippen LogP contribution in [0.2, 0.25) is 0 Å². The van der Waals surface area contributed by atoms with Crippen LogP contribution in [-0.2, 0) is 0 Å². The molecule has 0 unspecified atom stereocenters. The predicted molar refractivity (Wildman–Crippen MR) is 140 cm³/mol.